The Morgan fingerprint density at radius 2 is 1.14 bits per heavy atom. The van der Waals surface area contributed by atoms with E-state index >= 15 is 0 Å². The summed E-state index contributed by atoms with van der Waals surface area (Å²) < 4.78 is 5.87. The Labute approximate surface area is 172 Å². The van der Waals surface area contributed by atoms with E-state index in [0.29, 0.717) is 0 Å². The third-order valence-corrected chi connectivity index (χ3v) is 5.07. The number of benzene rings is 1. The maximum Gasteiger partial charge on any atom is 0.119 e. The van der Waals surface area contributed by atoms with Crippen LogP contribution in [0, 0.1) is 0 Å². The van der Waals surface area contributed by atoms with E-state index in [1.54, 1.807) is 0 Å². The van der Waals surface area contributed by atoms with Crippen molar-refractivity contribution >= 4 is 12.2 Å². The van der Waals surface area contributed by atoms with E-state index in [2.05, 4.69) is 48.3 Å². The van der Waals surface area contributed by atoms with Crippen molar-refractivity contribution in [1.82, 2.24) is 4.98 Å². The maximum atomic E-state index is 5.87. The first-order valence-electron chi connectivity index (χ1n) is 11.2. The largest absolute Gasteiger partial charge is 0.494 e. The lowest BCUT2D eigenvalue weighted by molar-refractivity contribution is 0.304. The molecule has 1 heterocycles. The summed E-state index contributed by atoms with van der Waals surface area (Å²) in [6.45, 7) is 3.10. The molecule has 0 atom stereocenters. The lowest BCUT2D eigenvalue weighted by Crippen LogP contribution is -1.97. The first-order valence-corrected chi connectivity index (χ1v) is 11.2. The number of nitrogens with zero attached hydrogens (tertiary/aromatic N) is 1. The van der Waals surface area contributed by atoms with Crippen LogP contribution in [-0.4, -0.2) is 11.6 Å². The molecule has 152 valence electrons. The fourth-order valence-corrected chi connectivity index (χ4v) is 3.30. The third kappa shape index (κ3) is 10.3. The molecule has 2 rings (SSSR count). The van der Waals surface area contributed by atoms with Gasteiger partial charge in [-0.15, -0.1) is 0 Å². The van der Waals surface area contributed by atoms with Gasteiger partial charge in [0.15, 0.2) is 0 Å². The maximum absolute atomic E-state index is 5.87. The zero-order valence-electron chi connectivity index (χ0n) is 17.6. The van der Waals surface area contributed by atoms with Crippen LogP contribution in [-0.2, 0) is 0 Å². The van der Waals surface area contributed by atoms with Crippen LogP contribution in [0.25, 0.3) is 12.2 Å². The monoisotopic (exact) mass is 379 g/mol. The molecule has 0 saturated carbocycles. The van der Waals surface area contributed by atoms with Crippen LogP contribution in [0.5, 0.6) is 5.75 Å². The summed E-state index contributed by atoms with van der Waals surface area (Å²) >= 11 is 0. The minimum atomic E-state index is 0.823. The molecule has 1 aromatic carbocycles. The molecule has 1 aromatic heterocycles. The average Bonchev–Trinajstić information content (AvgIpc) is 2.74. The van der Waals surface area contributed by atoms with Crippen molar-refractivity contribution in [3.05, 3.63) is 59.9 Å². The molecule has 0 bridgehead atoms. The van der Waals surface area contributed by atoms with Crippen LogP contribution in [0.1, 0.15) is 88.7 Å². The summed E-state index contributed by atoms with van der Waals surface area (Å²) in [5.74, 6) is 0.966. The van der Waals surface area contributed by atoms with Gasteiger partial charge in [0.25, 0.3) is 0 Å². The highest BCUT2D eigenvalue weighted by molar-refractivity contribution is 5.69. The Morgan fingerprint density at radius 3 is 1.71 bits per heavy atom. The second-order valence-corrected chi connectivity index (χ2v) is 7.57. The van der Waals surface area contributed by atoms with Gasteiger partial charge >= 0.3 is 0 Å². The van der Waals surface area contributed by atoms with Gasteiger partial charge in [0.1, 0.15) is 5.75 Å². The highest BCUT2D eigenvalue weighted by Gasteiger charge is 1.96. The van der Waals surface area contributed by atoms with E-state index in [4.69, 9.17) is 4.74 Å². The molecule has 0 aliphatic heterocycles. The van der Waals surface area contributed by atoms with Gasteiger partial charge < -0.3 is 4.74 Å². The first kappa shape index (κ1) is 22.2. The standard InChI is InChI=1S/C26H37NO/c1-2-3-4-5-6-7-8-9-10-11-12-23-28-26-17-15-24(16-18-26)13-14-25-19-21-27-22-20-25/h13-22H,2-12,23H2,1H3/b14-13+. The summed E-state index contributed by atoms with van der Waals surface area (Å²) in [6, 6.07) is 12.3. The van der Waals surface area contributed by atoms with E-state index in [9.17, 15) is 0 Å². The van der Waals surface area contributed by atoms with Crippen molar-refractivity contribution < 1.29 is 4.74 Å². The molecule has 0 aliphatic rings. The molecular weight excluding hydrogens is 342 g/mol. The van der Waals surface area contributed by atoms with E-state index in [-0.39, 0.29) is 0 Å². The summed E-state index contributed by atoms with van der Waals surface area (Å²) in [5, 5.41) is 0. The number of unbranched alkanes of at least 4 members (excludes halogenated alkanes) is 10. The predicted molar refractivity (Wildman–Crippen MR) is 122 cm³/mol. The van der Waals surface area contributed by atoms with Gasteiger partial charge in [-0.05, 0) is 41.8 Å². The van der Waals surface area contributed by atoms with Crippen LogP contribution < -0.4 is 4.74 Å². The molecule has 0 unspecified atom stereocenters. The molecule has 0 saturated heterocycles. The van der Waals surface area contributed by atoms with Crippen LogP contribution in [0.15, 0.2) is 48.8 Å². The molecular formula is C26H37NO. The number of pyridine rings is 1. The molecule has 0 amide bonds. The Morgan fingerprint density at radius 1 is 0.643 bits per heavy atom. The topological polar surface area (TPSA) is 22.1 Å². The van der Waals surface area contributed by atoms with Crippen LogP contribution >= 0.6 is 0 Å². The normalized spacial score (nSPS) is 11.2. The molecule has 0 fully saturated rings. The van der Waals surface area contributed by atoms with Gasteiger partial charge in [0.2, 0.25) is 0 Å². The third-order valence-electron chi connectivity index (χ3n) is 5.07. The van der Waals surface area contributed by atoms with Crippen molar-refractivity contribution in [3.8, 4) is 5.75 Å². The molecule has 2 nitrogen and oxygen atoms in total. The van der Waals surface area contributed by atoms with Crippen molar-refractivity contribution in [2.45, 2.75) is 77.6 Å². The number of ether oxygens (including phenoxy) is 1. The Kier molecular flexibility index (Phi) is 11.8. The average molecular weight is 380 g/mol. The van der Waals surface area contributed by atoms with E-state index in [1.807, 2.05) is 24.5 Å². The van der Waals surface area contributed by atoms with Gasteiger partial charge in [-0.1, -0.05) is 95.4 Å². The van der Waals surface area contributed by atoms with Crippen LogP contribution in [0.2, 0.25) is 0 Å². The quantitative estimate of drug-likeness (QED) is 0.293. The molecule has 28 heavy (non-hydrogen) atoms. The highest BCUT2D eigenvalue weighted by Crippen LogP contribution is 2.16. The van der Waals surface area contributed by atoms with Crippen molar-refractivity contribution in [2.75, 3.05) is 6.61 Å². The minimum absolute atomic E-state index is 0.823. The first-order chi connectivity index (χ1) is 13.9. The highest BCUT2D eigenvalue weighted by atomic mass is 16.5. The van der Waals surface area contributed by atoms with Gasteiger partial charge in [0, 0.05) is 12.4 Å². The number of hydrogen-bond donors (Lipinski definition) is 0. The SMILES string of the molecule is CCCCCCCCCCCCCOc1ccc(/C=C/c2ccncc2)cc1. The second-order valence-electron chi connectivity index (χ2n) is 7.57. The summed E-state index contributed by atoms with van der Waals surface area (Å²) in [7, 11) is 0. The number of rotatable bonds is 15. The summed E-state index contributed by atoms with van der Waals surface area (Å²) in [5.41, 5.74) is 2.34. The lowest BCUT2D eigenvalue weighted by Gasteiger charge is -2.06. The Hall–Kier alpha value is -2.09. The van der Waals surface area contributed by atoms with E-state index in [0.717, 1.165) is 24.3 Å². The number of aromatic nitrogens is 1. The fourth-order valence-electron chi connectivity index (χ4n) is 3.30. The molecule has 2 aromatic rings. The Balaban J connectivity index is 1.49. The van der Waals surface area contributed by atoms with E-state index in [1.165, 1.54) is 69.8 Å². The second kappa shape index (κ2) is 14.9. The number of hydrogen-bond acceptors (Lipinski definition) is 2. The van der Waals surface area contributed by atoms with Crippen molar-refractivity contribution in [2.24, 2.45) is 0 Å². The molecule has 2 heteroatoms. The van der Waals surface area contributed by atoms with Gasteiger partial charge in [-0.3, -0.25) is 4.98 Å². The van der Waals surface area contributed by atoms with E-state index < -0.39 is 0 Å². The smallest absolute Gasteiger partial charge is 0.119 e. The van der Waals surface area contributed by atoms with Crippen LogP contribution in [0.4, 0.5) is 0 Å². The van der Waals surface area contributed by atoms with Gasteiger partial charge in [-0.2, -0.15) is 0 Å². The predicted octanol–water partition coefficient (Wildman–Crippen LogP) is 7.94. The Bertz CT molecular complexity index is 633. The summed E-state index contributed by atoms with van der Waals surface area (Å²) in [4.78, 5) is 4.03. The zero-order chi connectivity index (χ0) is 19.7. The molecule has 0 spiro atoms. The van der Waals surface area contributed by atoms with Gasteiger partial charge in [-0.25, -0.2) is 0 Å². The minimum Gasteiger partial charge on any atom is -0.494 e. The molecule has 0 N–H and O–H groups in total. The van der Waals surface area contributed by atoms with Gasteiger partial charge in [0.05, 0.1) is 6.61 Å². The van der Waals surface area contributed by atoms with Crippen molar-refractivity contribution in [3.63, 3.8) is 0 Å². The van der Waals surface area contributed by atoms with Crippen molar-refractivity contribution in [1.29, 1.82) is 0 Å². The lowest BCUT2D eigenvalue weighted by atomic mass is 10.1. The summed E-state index contributed by atoms with van der Waals surface area (Å²) in [6.07, 6.45) is 22.9. The zero-order valence-corrected chi connectivity index (χ0v) is 17.6. The molecule has 0 aliphatic carbocycles. The van der Waals surface area contributed by atoms with Crippen LogP contribution in [0.3, 0.4) is 0 Å². The fraction of sp³-hybridized carbons (Fsp3) is 0.500. The molecule has 0 radical (unpaired) electrons.